The van der Waals surface area contributed by atoms with Crippen LogP contribution in [0.25, 0.3) is 11.7 Å². The van der Waals surface area contributed by atoms with Crippen LogP contribution >= 0.6 is 0 Å². The number of amides is 3. The highest BCUT2D eigenvalue weighted by Gasteiger charge is 2.40. The molecule has 1 N–H and O–H groups in total. The number of fused-ring (bicyclic) bond motifs is 5. The van der Waals surface area contributed by atoms with E-state index in [0.717, 1.165) is 11.1 Å². The summed E-state index contributed by atoms with van der Waals surface area (Å²) in [6.45, 7) is 3.47. The molecule has 2 aliphatic heterocycles. The van der Waals surface area contributed by atoms with Gasteiger partial charge in [-0.3, -0.25) is 14.4 Å². The molecule has 4 aromatic rings. The second-order valence-corrected chi connectivity index (χ2v) is 10.9. The highest BCUT2D eigenvalue weighted by molar-refractivity contribution is 5.95. The van der Waals surface area contributed by atoms with Gasteiger partial charge >= 0.3 is 0 Å². The number of likely N-dealkylation sites (tertiary alicyclic amines) is 1. The minimum atomic E-state index is -0.483. The van der Waals surface area contributed by atoms with Crippen molar-refractivity contribution in [3.05, 3.63) is 95.5 Å². The maximum absolute atomic E-state index is 13.7. The molecule has 4 heterocycles. The van der Waals surface area contributed by atoms with E-state index in [1.807, 2.05) is 55.5 Å². The molecule has 11 nitrogen and oxygen atoms in total. The van der Waals surface area contributed by atoms with Crippen LogP contribution in [0.5, 0.6) is 11.5 Å². The average molecular weight is 595 g/mol. The molecule has 0 unspecified atom stereocenters. The Balaban J connectivity index is 1.25. The first-order chi connectivity index (χ1) is 21.4. The molecule has 3 amide bonds. The zero-order chi connectivity index (χ0) is 30.6. The van der Waals surface area contributed by atoms with Crippen LogP contribution in [0.2, 0.25) is 0 Å². The van der Waals surface area contributed by atoms with E-state index < -0.39 is 5.92 Å². The van der Waals surface area contributed by atoms with Crippen molar-refractivity contribution < 1.29 is 23.9 Å². The predicted octanol–water partition coefficient (Wildman–Crippen LogP) is 2.95. The van der Waals surface area contributed by atoms with Crippen molar-refractivity contribution in [3.63, 3.8) is 0 Å². The van der Waals surface area contributed by atoms with Gasteiger partial charge in [0, 0.05) is 50.4 Å². The number of hydrogen-bond acceptors (Lipinski definition) is 7. The first-order valence-electron chi connectivity index (χ1n) is 14.6. The number of rotatable bonds is 4. The van der Waals surface area contributed by atoms with E-state index in [-0.39, 0.29) is 56.4 Å². The third-order valence-electron chi connectivity index (χ3n) is 8.28. The molecule has 0 aliphatic carbocycles. The van der Waals surface area contributed by atoms with Gasteiger partial charge in [-0.1, -0.05) is 36.4 Å². The maximum Gasteiger partial charge on any atom is 0.257 e. The maximum atomic E-state index is 13.7. The Morgan fingerprint density at radius 3 is 2.68 bits per heavy atom. The van der Waals surface area contributed by atoms with E-state index in [9.17, 15) is 14.4 Å². The van der Waals surface area contributed by atoms with Gasteiger partial charge in [-0.2, -0.15) is 5.10 Å². The van der Waals surface area contributed by atoms with Crippen molar-refractivity contribution in [1.29, 1.82) is 0 Å². The second-order valence-electron chi connectivity index (χ2n) is 10.9. The quantitative estimate of drug-likeness (QED) is 0.361. The van der Waals surface area contributed by atoms with E-state index in [2.05, 4.69) is 15.4 Å². The van der Waals surface area contributed by atoms with Crippen LogP contribution in [0.4, 0.5) is 0 Å². The van der Waals surface area contributed by atoms with Crippen LogP contribution in [0.15, 0.2) is 73.1 Å². The average Bonchev–Trinajstić information content (AvgIpc) is 3.72. The van der Waals surface area contributed by atoms with Gasteiger partial charge in [-0.05, 0) is 36.3 Å². The molecular formula is C33H34N6O5. The number of nitrogens with zero attached hydrogens (tertiary/aromatic N) is 5. The van der Waals surface area contributed by atoms with Crippen molar-refractivity contribution in [2.75, 3.05) is 46.4 Å². The first kappa shape index (κ1) is 28.9. The topological polar surface area (TPSA) is 118 Å². The van der Waals surface area contributed by atoms with E-state index >= 15 is 0 Å². The monoisotopic (exact) mass is 594 g/mol. The normalized spacial score (nSPS) is 19.0. The van der Waals surface area contributed by atoms with Crippen LogP contribution in [0, 0.1) is 12.8 Å². The van der Waals surface area contributed by atoms with Crippen molar-refractivity contribution in [3.8, 4) is 11.5 Å². The fraction of sp³-hybridized carbons (Fsp3) is 0.303. The molecule has 2 bridgehead atoms. The lowest BCUT2D eigenvalue weighted by Gasteiger charge is -2.24. The summed E-state index contributed by atoms with van der Waals surface area (Å²) in [6, 6.07) is 17.0. The smallest absolute Gasteiger partial charge is 0.257 e. The number of nitrogens with one attached hydrogen (secondary N) is 1. The van der Waals surface area contributed by atoms with Gasteiger partial charge in [0.1, 0.15) is 6.61 Å². The first-order valence-corrected chi connectivity index (χ1v) is 14.6. The highest BCUT2D eigenvalue weighted by atomic mass is 16.5. The summed E-state index contributed by atoms with van der Waals surface area (Å²) in [5, 5.41) is 7.30. The summed E-state index contributed by atoms with van der Waals surface area (Å²) < 4.78 is 13.4. The number of methoxy groups -OCH3 is 1. The Hall–Kier alpha value is -5.19. The third kappa shape index (κ3) is 5.85. The Bertz CT molecular complexity index is 1720. The number of benzene rings is 2. The molecule has 2 atom stereocenters. The van der Waals surface area contributed by atoms with Gasteiger partial charge in [0.15, 0.2) is 17.1 Å². The molecule has 226 valence electrons. The molecule has 0 radical (unpaired) electrons. The molecule has 44 heavy (non-hydrogen) atoms. The van der Waals surface area contributed by atoms with E-state index in [0.29, 0.717) is 34.9 Å². The Labute approximate surface area is 255 Å². The molecule has 0 saturated carbocycles. The summed E-state index contributed by atoms with van der Waals surface area (Å²) >= 11 is 0. The lowest BCUT2D eigenvalue weighted by Crippen LogP contribution is -2.43. The zero-order valence-corrected chi connectivity index (χ0v) is 24.7. The van der Waals surface area contributed by atoms with Crippen LogP contribution in [0.1, 0.15) is 33.1 Å². The van der Waals surface area contributed by atoms with Crippen LogP contribution in [-0.4, -0.2) is 88.6 Å². The number of carbonyl (C=O) groups excluding carboxylic acids is 3. The zero-order valence-electron chi connectivity index (χ0n) is 24.7. The van der Waals surface area contributed by atoms with Gasteiger partial charge in [0.25, 0.3) is 5.91 Å². The Morgan fingerprint density at radius 2 is 1.86 bits per heavy atom. The fourth-order valence-electron chi connectivity index (χ4n) is 5.86. The third-order valence-corrected chi connectivity index (χ3v) is 8.28. The number of aromatic nitrogens is 3. The number of hydrogen-bond donors (Lipinski definition) is 1. The van der Waals surface area contributed by atoms with E-state index in [1.165, 1.54) is 0 Å². The minimum absolute atomic E-state index is 0.157. The number of aryl methyl sites for hydroxylation is 1. The molecule has 0 spiro atoms. The van der Waals surface area contributed by atoms with E-state index in [4.69, 9.17) is 9.47 Å². The largest absolute Gasteiger partial charge is 0.493 e. The van der Waals surface area contributed by atoms with Gasteiger partial charge in [0.2, 0.25) is 11.8 Å². The van der Waals surface area contributed by atoms with Crippen molar-refractivity contribution in [1.82, 2.24) is 29.7 Å². The molecular weight excluding hydrogens is 560 g/mol. The van der Waals surface area contributed by atoms with Crippen LogP contribution in [0.3, 0.4) is 0 Å². The van der Waals surface area contributed by atoms with Gasteiger partial charge in [-0.25, -0.2) is 9.50 Å². The lowest BCUT2D eigenvalue weighted by atomic mass is 9.88. The lowest BCUT2D eigenvalue weighted by molar-refractivity contribution is -0.126. The molecule has 1 saturated heterocycles. The van der Waals surface area contributed by atoms with Crippen molar-refractivity contribution in [2.24, 2.45) is 5.92 Å². The summed E-state index contributed by atoms with van der Waals surface area (Å²) in [6.07, 6.45) is 6.53. The minimum Gasteiger partial charge on any atom is -0.493 e. The van der Waals surface area contributed by atoms with Crippen LogP contribution in [-0.2, 0) is 9.59 Å². The van der Waals surface area contributed by atoms with E-state index in [1.54, 1.807) is 52.0 Å². The van der Waals surface area contributed by atoms with Crippen molar-refractivity contribution >= 4 is 29.4 Å². The van der Waals surface area contributed by atoms with Crippen molar-refractivity contribution in [2.45, 2.75) is 12.8 Å². The Kier molecular flexibility index (Phi) is 8.27. The molecule has 11 heteroatoms. The number of ether oxygens (including phenoxy) is 2. The molecule has 6 rings (SSSR count). The highest BCUT2D eigenvalue weighted by Crippen LogP contribution is 2.38. The summed E-state index contributed by atoms with van der Waals surface area (Å²) in [5.41, 5.74) is 3.55. The van der Waals surface area contributed by atoms with Gasteiger partial charge in [0.05, 0.1) is 37.0 Å². The molecule has 2 aromatic heterocycles. The standard InChI is InChI=1S/C33H34N6O5/c1-22-25(19-35-30-12-13-36-39(22)30)33(42)37-15-14-34-32(41)27-21-38(31(40)11-8-23-6-4-3-5-7-23)20-26(27)24-9-10-28(43-2)29(18-24)44-17-16-37/h3-13,18-19,26-27H,14-17,20-21H2,1-2H3,(H,34,41)/b11-8+/t26-,27+/m1/s1. The SMILES string of the molecule is COc1ccc2cc1OCCN(C(=O)c1cnc3ccnn3c1C)CCNC(=O)[C@H]1CN(C(=O)/C=C/c3ccccc3)C[C@H]21. The van der Waals surface area contributed by atoms with Gasteiger partial charge < -0.3 is 24.6 Å². The Morgan fingerprint density at radius 1 is 1.05 bits per heavy atom. The molecule has 2 aliphatic rings. The second kappa shape index (κ2) is 12.6. The molecule has 2 aromatic carbocycles. The number of carbonyl (C=O) groups is 3. The predicted molar refractivity (Wildman–Crippen MR) is 163 cm³/mol. The fourth-order valence-corrected chi connectivity index (χ4v) is 5.86. The summed E-state index contributed by atoms with van der Waals surface area (Å²) in [7, 11) is 1.57. The van der Waals surface area contributed by atoms with Gasteiger partial charge in [-0.15, -0.1) is 0 Å². The van der Waals surface area contributed by atoms with Crippen LogP contribution < -0.4 is 14.8 Å². The summed E-state index contributed by atoms with van der Waals surface area (Å²) in [5.74, 6) is -0.229. The summed E-state index contributed by atoms with van der Waals surface area (Å²) in [4.78, 5) is 48.3. The molecule has 1 fully saturated rings.